The molecule has 0 aliphatic rings. The van der Waals surface area contributed by atoms with Gasteiger partial charge in [0.15, 0.2) is 12.5 Å². The van der Waals surface area contributed by atoms with Gasteiger partial charge in [-0.2, -0.15) is 0 Å². The zero-order valence-corrected chi connectivity index (χ0v) is 11.0. The van der Waals surface area contributed by atoms with E-state index in [9.17, 15) is 9.59 Å². The Morgan fingerprint density at radius 2 is 1.22 bits per heavy atom. The maximum Gasteiger partial charge on any atom is 0.409 e. The summed E-state index contributed by atoms with van der Waals surface area (Å²) in [5, 5.41) is 4.77. The third-order valence-corrected chi connectivity index (χ3v) is 1.85. The van der Waals surface area contributed by atoms with Gasteiger partial charge in [-0.1, -0.05) is 0 Å². The maximum atomic E-state index is 11.2. The Balaban J connectivity index is 4.37. The third-order valence-electron chi connectivity index (χ3n) is 1.85. The maximum absolute atomic E-state index is 11.2. The Labute approximate surface area is 106 Å². The van der Waals surface area contributed by atoms with Crippen molar-refractivity contribution in [2.24, 2.45) is 0 Å². The molecule has 2 amide bonds. The van der Waals surface area contributed by atoms with Gasteiger partial charge in [0, 0.05) is 14.2 Å². The van der Waals surface area contributed by atoms with Crippen LogP contribution in [0.2, 0.25) is 0 Å². The average Bonchev–Trinajstić information content (AvgIpc) is 2.34. The van der Waals surface area contributed by atoms with Crippen molar-refractivity contribution in [2.45, 2.75) is 26.3 Å². The van der Waals surface area contributed by atoms with E-state index >= 15 is 0 Å². The van der Waals surface area contributed by atoms with Crippen molar-refractivity contribution in [3.63, 3.8) is 0 Å². The van der Waals surface area contributed by atoms with Gasteiger partial charge in [0.05, 0.1) is 13.2 Å². The van der Waals surface area contributed by atoms with E-state index in [0.29, 0.717) is 0 Å². The molecule has 0 radical (unpaired) electrons. The normalized spacial score (nSPS) is 13.3. The highest BCUT2D eigenvalue weighted by Crippen LogP contribution is 1.98. The predicted molar refractivity (Wildman–Crippen MR) is 61.9 cm³/mol. The third kappa shape index (κ3) is 6.26. The highest BCUT2D eigenvalue weighted by atomic mass is 16.6. The van der Waals surface area contributed by atoms with E-state index in [0.717, 1.165) is 0 Å². The van der Waals surface area contributed by atoms with Crippen LogP contribution in [0.25, 0.3) is 0 Å². The minimum atomic E-state index is -0.890. The predicted octanol–water partition coefficient (Wildman–Crippen LogP) is 0.424. The van der Waals surface area contributed by atoms with Crippen LogP contribution in [0.4, 0.5) is 9.59 Å². The molecule has 0 aliphatic carbocycles. The Morgan fingerprint density at radius 1 is 0.889 bits per heavy atom. The molecule has 0 aliphatic heterocycles. The van der Waals surface area contributed by atoms with Crippen LogP contribution >= 0.6 is 0 Å². The minimum Gasteiger partial charge on any atom is -0.450 e. The summed E-state index contributed by atoms with van der Waals surface area (Å²) in [7, 11) is 2.71. The van der Waals surface area contributed by atoms with Crippen LogP contribution < -0.4 is 10.6 Å². The average molecular weight is 264 g/mol. The van der Waals surface area contributed by atoms with Crippen molar-refractivity contribution < 1.29 is 28.5 Å². The number of alkyl carbamates (subject to hydrolysis) is 2. The number of hydrogen-bond donors (Lipinski definition) is 2. The molecule has 0 heterocycles. The lowest BCUT2D eigenvalue weighted by molar-refractivity contribution is -0.0643. The van der Waals surface area contributed by atoms with Gasteiger partial charge in [-0.25, -0.2) is 9.59 Å². The quantitative estimate of drug-likeness (QED) is 0.647. The molecule has 2 N–H and O–H groups in total. The summed E-state index contributed by atoms with van der Waals surface area (Å²) < 4.78 is 19.4. The Kier molecular flexibility index (Phi) is 8.67. The fourth-order valence-corrected chi connectivity index (χ4v) is 1.09. The van der Waals surface area contributed by atoms with Crippen LogP contribution in [0.3, 0.4) is 0 Å². The summed E-state index contributed by atoms with van der Waals surface area (Å²) in [5.41, 5.74) is 0. The van der Waals surface area contributed by atoms with E-state index in [4.69, 9.17) is 18.9 Å². The second kappa shape index (κ2) is 9.49. The molecule has 0 aromatic heterocycles. The van der Waals surface area contributed by atoms with Gasteiger partial charge in [-0.15, -0.1) is 0 Å². The van der Waals surface area contributed by atoms with Crippen LogP contribution in [0.15, 0.2) is 0 Å². The van der Waals surface area contributed by atoms with Gasteiger partial charge >= 0.3 is 12.2 Å². The van der Waals surface area contributed by atoms with Crippen LogP contribution in [0.1, 0.15) is 13.8 Å². The number of carbonyl (C=O) groups is 2. The van der Waals surface area contributed by atoms with Gasteiger partial charge in [0.2, 0.25) is 0 Å². The van der Waals surface area contributed by atoms with Crippen LogP contribution in [0, 0.1) is 0 Å². The van der Waals surface area contributed by atoms with Gasteiger partial charge in [-0.05, 0) is 13.8 Å². The van der Waals surface area contributed by atoms with Gasteiger partial charge in [-0.3, -0.25) is 10.6 Å². The van der Waals surface area contributed by atoms with E-state index in [1.54, 1.807) is 13.8 Å². The Hall–Kier alpha value is -1.54. The van der Waals surface area contributed by atoms with Crippen molar-refractivity contribution in [1.82, 2.24) is 10.6 Å². The van der Waals surface area contributed by atoms with Gasteiger partial charge in [0.25, 0.3) is 0 Å². The number of hydrogen-bond acceptors (Lipinski definition) is 6. The van der Waals surface area contributed by atoms with Crippen molar-refractivity contribution in [3.8, 4) is 0 Å². The van der Waals surface area contributed by atoms with Gasteiger partial charge < -0.3 is 18.9 Å². The topological polar surface area (TPSA) is 95.1 Å². The molecule has 0 aromatic rings. The van der Waals surface area contributed by atoms with Crippen LogP contribution in [-0.4, -0.2) is 52.1 Å². The second-order valence-corrected chi connectivity index (χ2v) is 3.04. The first kappa shape index (κ1) is 16.5. The minimum absolute atomic E-state index is 0.227. The van der Waals surface area contributed by atoms with Crippen molar-refractivity contribution in [3.05, 3.63) is 0 Å². The second-order valence-electron chi connectivity index (χ2n) is 3.04. The number of nitrogens with one attached hydrogen (secondary N) is 2. The van der Waals surface area contributed by atoms with E-state index in [-0.39, 0.29) is 13.2 Å². The lowest BCUT2D eigenvalue weighted by atomic mass is 10.4. The largest absolute Gasteiger partial charge is 0.450 e. The monoisotopic (exact) mass is 264 g/mol. The molecule has 0 saturated heterocycles. The van der Waals surface area contributed by atoms with E-state index in [1.165, 1.54) is 14.2 Å². The number of amides is 2. The summed E-state index contributed by atoms with van der Waals surface area (Å²) in [6.07, 6.45) is -3.12. The zero-order valence-electron chi connectivity index (χ0n) is 11.0. The molecule has 0 spiro atoms. The molecule has 2 atom stereocenters. The van der Waals surface area contributed by atoms with Crippen LogP contribution in [-0.2, 0) is 18.9 Å². The van der Waals surface area contributed by atoms with Crippen LogP contribution in [0.5, 0.6) is 0 Å². The van der Waals surface area contributed by atoms with E-state index in [1.807, 2.05) is 0 Å². The van der Waals surface area contributed by atoms with Gasteiger partial charge in [0.1, 0.15) is 0 Å². The molecule has 2 unspecified atom stereocenters. The van der Waals surface area contributed by atoms with Crippen molar-refractivity contribution in [2.75, 3.05) is 27.4 Å². The molecular weight excluding hydrogens is 244 g/mol. The molecule has 106 valence electrons. The molecule has 0 saturated carbocycles. The zero-order chi connectivity index (χ0) is 14.0. The number of rotatable bonds is 7. The molecule has 0 bridgehead atoms. The van der Waals surface area contributed by atoms with E-state index < -0.39 is 24.6 Å². The highest BCUT2D eigenvalue weighted by molar-refractivity contribution is 5.69. The Bertz CT molecular complexity index is 235. The Morgan fingerprint density at radius 3 is 1.44 bits per heavy atom. The summed E-state index contributed by atoms with van der Waals surface area (Å²) in [4.78, 5) is 22.5. The molecule has 0 aromatic carbocycles. The van der Waals surface area contributed by atoms with E-state index in [2.05, 4.69) is 10.6 Å². The molecule has 0 fully saturated rings. The number of ether oxygens (including phenoxy) is 4. The molecular formula is C10H20N2O6. The summed E-state index contributed by atoms with van der Waals surface area (Å²) in [6.45, 7) is 3.80. The highest BCUT2D eigenvalue weighted by Gasteiger charge is 2.25. The molecule has 8 nitrogen and oxygen atoms in total. The summed E-state index contributed by atoms with van der Waals surface area (Å²) in [5.74, 6) is 0. The molecule has 18 heavy (non-hydrogen) atoms. The number of carbonyl (C=O) groups excluding carboxylic acids is 2. The smallest absolute Gasteiger partial charge is 0.409 e. The number of methoxy groups -OCH3 is 2. The molecule has 0 rings (SSSR count). The lowest BCUT2D eigenvalue weighted by Crippen LogP contribution is -2.53. The summed E-state index contributed by atoms with van der Waals surface area (Å²) in [6, 6.07) is 0. The van der Waals surface area contributed by atoms with Crippen molar-refractivity contribution in [1.29, 1.82) is 0 Å². The molecule has 8 heteroatoms. The fraction of sp³-hybridized carbons (Fsp3) is 0.800. The first-order valence-corrected chi connectivity index (χ1v) is 5.51. The standard InChI is InChI=1S/C10H20N2O6/c1-5-17-9(13)11-7(15-3)8(16-4)12-10(14)18-6-2/h7-8H,5-6H2,1-4H3,(H,11,13)(H,12,14). The van der Waals surface area contributed by atoms with Crippen molar-refractivity contribution >= 4 is 12.2 Å². The SMILES string of the molecule is CCOC(=O)NC(OC)C(NC(=O)OCC)OC. The first-order valence-electron chi connectivity index (χ1n) is 5.51. The lowest BCUT2D eigenvalue weighted by Gasteiger charge is -2.25. The first-order chi connectivity index (χ1) is 8.58. The summed E-state index contributed by atoms with van der Waals surface area (Å²) >= 11 is 0. The fourth-order valence-electron chi connectivity index (χ4n) is 1.09.